The van der Waals surface area contributed by atoms with Crippen LogP contribution in [0.1, 0.15) is 24.2 Å². The molecule has 0 spiro atoms. The highest BCUT2D eigenvalue weighted by Gasteiger charge is 2.21. The highest BCUT2D eigenvalue weighted by molar-refractivity contribution is 7.15. The van der Waals surface area contributed by atoms with E-state index >= 15 is 0 Å². The van der Waals surface area contributed by atoms with Gasteiger partial charge in [0, 0.05) is 36.8 Å². The minimum absolute atomic E-state index is 0.0206. The summed E-state index contributed by atoms with van der Waals surface area (Å²) in [5, 5.41) is 4.62. The second kappa shape index (κ2) is 6.67. The molecule has 1 fully saturated rings. The van der Waals surface area contributed by atoms with Gasteiger partial charge < -0.3 is 11.1 Å². The van der Waals surface area contributed by atoms with Crippen LogP contribution in [-0.2, 0) is 6.54 Å². The van der Waals surface area contributed by atoms with Gasteiger partial charge in [0.2, 0.25) is 0 Å². The van der Waals surface area contributed by atoms with E-state index in [-0.39, 0.29) is 5.56 Å². The number of aromatic nitrogens is 2. The molecule has 2 amide bonds. The monoisotopic (exact) mass is 335 g/mol. The maximum Gasteiger partial charge on any atom is 0.312 e. The second-order valence-electron chi connectivity index (χ2n) is 6.07. The van der Waals surface area contributed by atoms with E-state index in [0.29, 0.717) is 19.0 Å². The fraction of sp³-hybridized carbons (Fsp3) is 0.533. The molecule has 3 heterocycles. The average Bonchev–Trinajstić information content (AvgIpc) is 2.87. The van der Waals surface area contributed by atoms with E-state index in [1.165, 1.54) is 11.3 Å². The molecule has 1 aliphatic heterocycles. The number of thiazole rings is 1. The largest absolute Gasteiger partial charge is 0.352 e. The van der Waals surface area contributed by atoms with Crippen molar-refractivity contribution >= 4 is 22.3 Å². The summed E-state index contributed by atoms with van der Waals surface area (Å²) in [5.74, 6) is 0.394. The van der Waals surface area contributed by atoms with Gasteiger partial charge in [-0.3, -0.25) is 14.1 Å². The summed E-state index contributed by atoms with van der Waals surface area (Å²) in [7, 11) is 0. The SMILES string of the molecule is Cc1csc2nc(CN3CCCC(CNC(N)=O)C3)cc(=O)n12. The van der Waals surface area contributed by atoms with Crippen LogP contribution in [-0.4, -0.2) is 39.9 Å². The van der Waals surface area contributed by atoms with E-state index in [1.807, 2.05) is 12.3 Å². The lowest BCUT2D eigenvalue weighted by Crippen LogP contribution is -2.42. The lowest BCUT2D eigenvalue weighted by Gasteiger charge is -2.32. The van der Waals surface area contributed by atoms with Crippen molar-refractivity contribution in [1.82, 2.24) is 19.6 Å². The smallest absolute Gasteiger partial charge is 0.312 e. The summed E-state index contributed by atoms with van der Waals surface area (Å²) in [4.78, 5) is 30.7. The van der Waals surface area contributed by atoms with Crippen LogP contribution in [0.25, 0.3) is 4.96 Å². The van der Waals surface area contributed by atoms with Crippen molar-refractivity contribution in [1.29, 1.82) is 0 Å². The molecule has 3 rings (SSSR count). The Bertz CT molecular complexity index is 769. The predicted octanol–water partition coefficient (Wildman–Crippen LogP) is 0.945. The molecule has 2 aromatic rings. The normalized spacial score (nSPS) is 19.1. The van der Waals surface area contributed by atoms with Crippen molar-refractivity contribution in [3.8, 4) is 0 Å². The molecule has 3 N–H and O–H groups in total. The summed E-state index contributed by atoms with van der Waals surface area (Å²) in [6, 6.07) is 1.15. The molecular weight excluding hydrogens is 314 g/mol. The van der Waals surface area contributed by atoms with Crippen molar-refractivity contribution in [3.63, 3.8) is 0 Å². The molecular formula is C15H21N5O2S. The van der Waals surface area contributed by atoms with Crippen molar-refractivity contribution in [3.05, 3.63) is 33.2 Å². The number of urea groups is 1. The number of amides is 2. The van der Waals surface area contributed by atoms with Crippen molar-refractivity contribution in [2.45, 2.75) is 26.3 Å². The quantitative estimate of drug-likeness (QED) is 0.870. The fourth-order valence-corrected chi connectivity index (χ4v) is 4.01. The van der Waals surface area contributed by atoms with Crippen LogP contribution in [0.4, 0.5) is 4.79 Å². The maximum atomic E-state index is 12.2. The molecule has 0 aromatic carbocycles. The van der Waals surface area contributed by atoms with Gasteiger partial charge in [-0.2, -0.15) is 0 Å². The molecule has 0 saturated carbocycles. The van der Waals surface area contributed by atoms with Crippen LogP contribution in [0.15, 0.2) is 16.2 Å². The van der Waals surface area contributed by atoms with Crippen molar-refractivity contribution in [2.75, 3.05) is 19.6 Å². The lowest BCUT2D eigenvalue weighted by atomic mass is 9.98. The number of aryl methyl sites for hydroxylation is 1. The Morgan fingerprint density at radius 1 is 1.57 bits per heavy atom. The minimum Gasteiger partial charge on any atom is -0.352 e. The first kappa shape index (κ1) is 15.9. The summed E-state index contributed by atoms with van der Waals surface area (Å²) in [5.41, 5.74) is 6.84. The molecule has 0 aliphatic carbocycles. The fourth-order valence-electron chi connectivity index (χ4n) is 3.12. The Hall–Kier alpha value is -1.93. The van der Waals surface area contributed by atoms with E-state index in [1.54, 1.807) is 10.5 Å². The van der Waals surface area contributed by atoms with E-state index in [0.717, 1.165) is 42.3 Å². The third-order valence-corrected chi connectivity index (χ3v) is 5.13. The molecule has 23 heavy (non-hydrogen) atoms. The molecule has 1 saturated heterocycles. The standard InChI is InChI=1S/C15H21N5O2S/c1-10-9-23-15-18-12(5-13(21)20(10)15)8-19-4-2-3-11(7-19)6-17-14(16)22/h5,9,11H,2-4,6-8H2,1H3,(H3,16,17,22). The van der Waals surface area contributed by atoms with Gasteiger partial charge in [-0.15, -0.1) is 11.3 Å². The number of carbonyl (C=O) groups is 1. The number of fused-ring (bicyclic) bond motifs is 1. The van der Waals surface area contributed by atoms with E-state index in [4.69, 9.17) is 5.73 Å². The molecule has 8 heteroatoms. The van der Waals surface area contributed by atoms with Gasteiger partial charge in [-0.25, -0.2) is 9.78 Å². The second-order valence-corrected chi connectivity index (χ2v) is 6.91. The van der Waals surface area contributed by atoms with E-state index in [2.05, 4.69) is 15.2 Å². The van der Waals surface area contributed by atoms with Gasteiger partial charge in [0.25, 0.3) is 5.56 Å². The molecule has 1 aliphatic rings. The molecule has 0 bridgehead atoms. The summed E-state index contributed by atoms with van der Waals surface area (Å²) in [6.07, 6.45) is 2.15. The molecule has 7 nitrogen and oxygen atoms in total. The first-order valence-electron chi connectivity index (χ1n) is 7.75. The van der Waals surface area contributed by atoms with Crippen LogP contribution in [0.5, 0.6) is 0 Å². The van der Waals surface area contributed by atoms with Gasteiger partial charge in [-0.05, 0) is 32.2 Å². The van der Waals surface area contributed by atoms with Gasteiger partial charge in [-0.1, -0.05) is 0 Å². The predicted molar refractivity (Wildman–Crippen MR) is 89.7 cm³/mol. The highest BCUT2D eigenvalue weighted by Crippen LogP contribution is 2.18. The Morgan fingerprint density at radius 2 is 2.39 bits per heavy atom. The number of rotatable bonds is 4. The van der Waals surface area contributed by atoms with E-state index in [9.17, 15) is 9.59 Å². The molecule has 0 radical (unpaired) electrons. The maximum absolute atomic E-state index is 12.2. The number of hydrogen-bond donors (Lipinski definition) is 2. The number of likely N-dealkylation sites (tertiary alicyclic amines) is 1. The molecule has 1 unspecified atom stereocenters. The minimum atomic E-state index is -0.477. The zero-order chi connectivity index (χ0) is 16.4. The zero-order valence-corrected chi connectivity index (χ0v) is 13.9. The molecule has 124 valence electrons. The summed E-state index contributed by atoms with van der Waals surface area (Å²) >= 11 is 1.49. The third kappa shape index (κ3) is 3.70. The number of nitrogens with two attached hydrogens (primary N) is 1. The van der Waals surface area contributed by atoms with Gasteiger partial charge in [0.15, 0.2) is 4.96 Å². The number of carbonyl (C=O) groups excluding carboxylic acids is 1. The highest BCUT2D eigenvalue weighted by atomic mass is 32.1. The lowest BCUT2D eigenvalue weighted by molar-refractivity contribution is 0.164. The zero-order valence-electron chi connectivity index (χ0n) is 13.1. The Balaban J connectivity index is 1.69. The number of hydrogen-bond acceptors (Lipinski definition) is 5. The van der Waals surface area contributed by atoms with Crippen LogP contribution in [0.2, 0.25) is 0 Å². The van der Waals surface area contributed by atoms with Crippen LogP contribution >= 0.6 is 11.3 Å². The average molecular weight is 335 g/mol. The van der Waals surface area contributed by atoms with E-state index < -0.39 is 6.03 Å². The van der Waals surface area contributed by atoms with Crippen molar-refractivity contribution in [2.24, 2.45) is 11.7 Å². The summed E-state index contributed by atoms with van der Waals surface area (Å²) in [6.45, 7) is 5.04. The molecule has 2 aromatic heterocycles. The first-order chi connectivity index (χ1) is 11.0. The number of primary amides is 1. The number of nitrogens with one attached hydrogen (secondary N) is 1. The van der Waals surface area contributed by atoms with Gasteiger partial charge >= 0.3 is 6.03 Å². The number of nitrogens with zero attached hydrogens (tertiary/aromatic N) is 3. The Kier molecular flexibility index (Phi) is 4.63. The third-order valence-electron chi connectivity index (χ3n) is 4.18. The topological polar surface area (TPSA) is 92.7 Å². The van der Waals surface area contributed by atoms with Crippen LogP contribution < -0.4 is 16.6 Å². The number of piperidine rings is 1. The van der Waals surface area contributed by atoms with Gasteiger partial charge in [0.05, 0.1) is 5.69 Å². The van der Waals surface area contributed by atoms with Gasteiger partial charge in [0.1, 0.15) is 0 Å². The van der Waals surface area contributed by atoms with Crippen molar-refractivity contribution < 1.29 is 4.79 Å². The van der Waals surface area contributed by atoms with Crippen LogP contribution in [0, 0.1) is 12.8 Å². The van der Waals surface area contributed by atoms with Crippen LogP contribution in [0.3, 0.4) is 0 Å². The summed E-state index contributed by atoms with van der Waals surface area (Å²) < 4.78 is 1.64. The Morgan fingerprint density at radius 3 is 3.17 bits per heavy atom. The first-order valence-corrected chi connectivity index (χ1v) is 8.63. The Labute approximate surface area is 138 Å². The molecule has 1 atom stereocenters.